The van der Waals surface area contributed by atoms with Crippen molar-refractivity contribution in [3.63, 3.8) is 0 Å². The number of halogens is 2. The monoisotopic (exact) mass is 519 g/mol. The Morgan fingerprint density at radius 2 is 1.83 bits per heavy atom. The van der Waals surface area contributed by atoms with Gasteiger partial charge in [0.05, 0.1) is 18.3 Å². The molecule has 0 saturated carbocycles. The van der Waals surface area contributed by atoms with Gasteiger partial charge in [0.25, 0.3) is 0 Å². The van der Waals surface area contributed by atoms with Crippen LogP contribution in [0.25, 0.3) is 22.1 Å². The number of carbonyl (C=O) groups excluding carboxylic acids is 1. The smallest absolute Gasteiger partial charge is 0.501 e. The van der Waals surface area contributed by atoms with Gasteiger partial charge in [-0.1, -0.05) is 31.9 Å². The van der Waals surface area contributed by atoms with Crippen molar-refractivity contribution in [2.75, 3.05) is 13.6 Å². The zero-order valence-corrected chi connectivity index (χ0v) is 24.6. The Kier molecular flexibility index (Phi) is 15.7. The van der Waals surface area contributed by atoms with Crippen molar-refractivity contribution in [2.45, 2.75) is 39.7 Å². The summed E-state index contributed by atoms with van der Waals surface area (Å²) in [5.74, 6) is -1.08. The van der Waals surface area contributed by atoms with E-state index in [4.69, 9.17) is 13.9 Å². The molecule has 0 aliphatic heterocycles. The molecule has 3 aromatic carbocycles. The van der Waals surface area contributed by atoms with Crippen LogP contribution in [0.5, 0.6) is 5.75 Å². The van der Waals surface area contributed by atoms with Crippen molar-refractivity contribution >= 4 is 17.8 Å². The number of hydrogen-bond acceptors (Lipinski definition) is 4. The zero-order chi connectivity index (χ0) is 25.6. The number of fused-ring (bicyclic) bond motifs is 1. The molecule has 36 heavy (non-hydrogen) atoms. The van der Waals surface area contributed by atoms with Gasteiger partial charge >= 0.3 is 51.4 Å². The largest absolute Gasteiger partial charge is 1.00 e. The van der Waals surface area contributed by atoms with Crippen molar-refractivity contribution in [3.05, 3.63) is 89.7 Å². The first-order valence-electron chi connectivity index (χ1n) is 11.5. The summed E-state index contributed by atoms with van der Waals surface area (Å²) in [6.45, 7) is 7.52. The number of ether oxygens (including phenoxy) is 1. The summed E-state index contributed by atoms with van der Waals surface area (Å²) in [4.78, 5) is 8.00. The van der Waals surface area contributed by atoms with Crippen LogP contribution in [0, 0.1) is 24.6 Å². The molecule has 0 spiro atoms. The standard InChI is InChI=1S/C22H15F2O2.C6H15N.CH2O.K/c1-14-12-26-22-18(11-19(23)21(24)20(14)22)16-7-9-17(10-8-16)25-13-15-5-3-2-4-6-15;1-3-4-5-6-7-2;1-2;/h2-3,5-12H,13H2,1H3;7H,3-6H2,1-2H3;1H2;/q-1;;;+1. The van der Waals surface area contributed by atoms with E-state index in [1.807, 2.05) is 38.1 Å². The summed E-state index contributed by atoms with van der Waals surface area (Å²) in [7, 11) is 2.00. The Labute approximate surface area is 254 Å². The molecule has 4 rings (SSSR count). The Morgan fingerprint density at radius 3 is 2.44 bits per heavy atom. The van der Waals surface area contributed by atoms with Gasteiger partial charge in [0.2, 0.25) is 0 Å². The summed E-state index contributed by atoms with van der Waals surface area (Å²) < 4.78 is 39.3. The molecular formula is C29H32F2KNO3. The molecule has 1 aromatic heterocycles. The van der Waals surface area contributed by atoms with Gasteiger partial charge in [-0.05, 0) is 56.3 Å². The van der Waals surface area contributed by atoms with Gasteiger partial charge < -0.3 is 19.3 Å². The van der Waals surface area contributed by atoms with E-state index < -0.39 is 11.6 Å². The number of rotatable bonds is 8. The SMILES string of the molecule is C=O.CCCCCNC.Cc1coc2c(-c3ccc(OCc4c[c-]ccc4)cc3)cc(F)c(F)c12.[K+]. The molecule has 186 valence electrons. The molecule has 0 aliphatic rings. The predicted octanol–water partition coefficient (Wildman–Crippen LogP) is 4.28. The minimum atomic E-state index is -0.891. The van der Waals surface area contributed by atoms with E-state index >= 15 is 0 Å². The van der Waals surface area contributed by atoms with Crippen molar-refractivity contribution in [1.29, 1.82) is 0 Å². The number of aryl methyl sites for hydroxylation is 1. The summed E-state index contributed by atoms with van der Waals surface area (Å²) in [5.41, 5.74) is 3.16. The van der Waals surface area contributed by atoms with Gasteiger partial charge in [-0.3, -0.25) is 0 Å². The van der Waals surface area contributed by atoms with Gasteiger partial charge in [0.1, 0.15) is 18.1 Å². The zero-order valence-electron chi connectivity index (χ0n) is 21.5. The van der Waals surface area contributed by atoms with Crippen LogP contribution in [-0.4, -0.2) is 20.4 Å². The summed E-state index contributed by atoms with van der Waals surface area (Å²) in [5, 5.41) is 3.28. The molecule has 0 saturated heterocycles. The first-order valence-corrected chi connectivity index (χ1v) is 11.5. The maximum Gasteiger partial charge on any atom is 1.00 e. The molecule has 4 nitrogen and oxygen atoms in total. The summed E-state index contributed by atoms with van der Waals surface area (Å²) in [6.07, 6.45) is 5.45. The van der Waals surface area contributed by atoms with Gasteiger partial charge in [0.15, 0.2) is 11.6 Å². The van der Waals surface area contributed by atoms with E-state index in [0.29, 0.717) is 29.1 Å². The van der Waals surface area contributed by atoms with E-state index in [1.165, 1.54) is 32.1 Å². The molecule has 1 N–H and O–H groups in total. The van der Waals surface area contributed by atoms with Crippen LogP contribution in [0.15, 0.2) is 65.3 Å². The van der Waals surface area contributed by atoms with Crippen molar-refractivity contribution in [1.82, 2.24) is 5.32 Å². The van der Waals surface area contributed by atoms with Crippen LogP contribution < -0.4 is 61.4 Å². The molecule has 0 amide bonds. The number of unbranched alkanes of at least 4 members (excludes halogenated alkanes) is 2. The fraction of sp³-hybridized carbons (Fsp3) is 0.276. The van der Waals surface area contributed by atoms with Crippen LogP contribution in [0.4, 0.5) is 8.78 Å². The number of carbonyl (C=O) groups is 1. The first kappa shape index (κ1) is 32.2. The van der Waals surface area contributed by atoms with Crippen LogP contribution in [0.2, 0.25) is 0 Å². The third-order valence-corrected chi connectivity index (χ3v) is 5.29. The minimum Gasteiger partial charge on any atom is -0.501 e. The molecule has 0 aliphatic carbocycles. The first-order chi connectivity index (χ1) is 17.0. The Bertz CT molecular complexity index is 1160. The number of furan rings is 1. The minimum absolute atomic E-state index is 0. The van der Waals surface area contributed by atoms with Crippen molar-refractivity contribution in [3.8, 4) is 16.9 Å². The maximum absolute atomic E-state index is 14.1. The third-order valence-electron chi connectivity index (χ3n) is 5.29. The Morgan fingerprint density at radius 1 is 1.11 bits per heavy atom. The number of hydrogen-bond donors (Lipinski definition) is 1. The quantitative estimate of drug-likeness (QED) is 0.215. The second kappa shape index (κ2) is 17.6. The number of nitrogens with one attached hydrogen (secondary N) is 1. The predicted molar refractivity (Wildman–Crippen MR) is 136 cm³/mol. The Balaban J connectivity index is 0.000000565. The molecule has 7 heteroatoms. The topological polar surface area (TPSA) is 51.5 Å². The summed E-state index contributed by atoms with van der Waals surface area (Å²) >= 11 is 0. The van der Waals surface area contributed by atoms with Gasteiger partial charge in [0, 0.05) is 5.56 Å². The van der Waals surface area contributed by atoms with Crippen LogP contribution in [0.1, 0.15) is 37.3 Å². The second-order valence-electron chi connectivity index (χ2n) is 7.88. The fourth-order valence-corrected chi connectivity index (χ4v) is 3.47. The van der Waals surface area contributed by atoms with E-state index in [0.717, 1.165) is 17.2 Å². The molecule has 1 heterocycles. The molecule has 0 radical (unpaired) electrons. The van der Waals surface area contributed by atoms with Crippen LogP contribution in [0.3, 0.4) is 0 Å². The molecule has 0 unspecified atom stereocenters. The van der Waals surface area contributed by atoms with Gasteiger partial charge in [-0.15, -0.1) is 5.56 Å². The van der Waals surface area contributed by atoms with E-state index in [2.05, 4.69) is 18.3 Å². The second-order valence-corrected chi connectivity index (χ2v) is 7.88. The van der Waals surface area contributed by atoms with Crippen LogP contribution in [-0.2, 0) is 11.4 Å². The van der Waals surface area contributed by atoms with Gasteiger partial charge in [-0.25, -0.2) is 8.78 Å². The molecule has 0 atom stereocenters. The van der Waals surface area contributed by atoms with E-state index in [9.17, 15) is 8.78 Å². The molecule has 4 aromatic rings. The molecule has 0 bridgehead atoms. The van der Waals surface area contributed by atoms with Crippen molar-refractivity contribution in [2.24, 2.45) is 0 Å². The number of benzene rings is 3. The van der Waals surface area contributed by atoms with Gasteiger partial charge in [-0.2, -0.15) is 30.3 Å². The molecule has 0 fully saturated rings. The Hall–Kier alpha value is -1.87. The average Bonchev–Trinajstić information content (AvgIpc) is 3.29. The maximum atomic E-state index is 14.1. The van der Waals surface area contributed by atoms with E-state index in [1.54, 1.807) is 31.2 Å². The normalized spacial score (nSPS) is 9.92. The van der Waals surface area contributed by atoms with E-state index in [-0.39, 0.29) is 56.8 Å². The van der Waals surface area contributed by atoms with Crippen molar-refractivity contribution < 1.29 is 74.1 Å². The van der Waals surface area contributed by atoms with Crippen LogP contribution >= 0.6 is 0 Å². The third kappa shape index (κ3) is 9.21. The molecular weight excluding hydrogens is 487 g/mol. The average molecular weight is 520 g/mol. The summed E-state index contributed by atoms with van der Waals surface area (Å²) in [6, 6.07) is 18.9. The fourth-order valence-electron chi connectivity index (χ4n) is 3.47.